The monoisotopic (exact) mass is 216 g/mol. The van der Waals surface area contributed by atoms with Gasteiger partial charge in [0.25, 0.3) is 0 Å². The normalized spacial score (nSPS) is 25.3. The Balaban J connectivity index is 1.96. The van der Waals surface area contributed by atoms with Crippen molar-refractivity contribution in [3.63, 3.8) is 0 Å². The van der Waals surface area contributed by atoms with Crippen LogP contribution in [0.1, 0.15) is 12.5 Å². The van der Waals surface area contributed by atoms with E-state index in [0.29, 0.717) is 5.92 Å². The second-order valence-corrected chi connectivity index (χ2v) is 4.43. The summed E-state index contributed by atoms with van der Waals surface area (Å²) in [7, 11) is 0. The Hall–Kier alpha value is -1.51. The molecule has 1 aromatic rings. The van der Waals surface area contributed by atoms with Crippen LogP contribution < -0.4 is 0 Å². The molecule has 0 spiro atoms. The van der Waals surface area contributed by atoms with Crippen LogP contribution in [0.2, 0.25) is 0 Å². The van der Waals surface area contributed by atoms with Gasteiger partial charge in [0, 0.05) is 24.5 Å². The van der Waals surface area contributed by atoms with Crippen molar-refractivity contribution in [1.82, 2.24) is 4.90 Å². The molecule has 0 bridgehead atoms. The zero-order chi connectivity index (χ0) is 11.4. The number of benzene rings is 1. The van der Waals surface area contributed by atoms with Gasteiger partial charge in [0.2, 0.25) is 0 Å². The number of rotatable bonds is 3. The molecule has 0 radical (unpaired) electrons. The zero-order valence-corrected chi connectivity index (χ0v) is 9.45. The molecule has 0 unspecified atom stereocenters. The second-order valence-electron chi connectivity index (χ2n) is 4.43. The molecule has 0 N–H and O–H groups in total. The maximum Gasteiger partial charge on any atom is 0.0539 e. The van der Waals surface area contributed by atoms with Crippen LogP contribution in [0.5, 0.6) is 0 Å². The van der Waals surface area contributed by atoms with E-state index in [9.17, 15) is 0 Å². The molecule has 1 aliphatic rings. The Kier molecular flexibility index (Phi) is 3.44. The topological polar surface area (TPSA) is 52.0 Å². The number of likely N-dealkylation sites (tertiary alicyclic amines) is 1. The fourth-order valence-electron chi connectivity index (χ4n) is 2.24. The predicted molar refractivity (Wildman–Crippen MR) is 63.8 cm³/mol. The van der Waals surface area contributed by atoms with Gasteiger partial charge in [-0.25, -0.2) is 0 Å². The first-order valence-corrected chi connectivity index (χ1v) is 5.60. The first kappa shape index (κ1) is 11.0. The maximum atomic E-state index is 8.46. The molecule has 1 saturated heterocycles. The molecular formula is C12H16N4. The van der Waals surface area contributed by atoms with E-state index < -0.39 is 0 Å². The van der Waals surface area contributed by atoms with Gasteiger partial charge < -0.3 is 0 Å². The van der Waals surface area contributed by atoms with Crippen LogP contribution in [-0.4, -0.2) is 24.0 Å². The van der Waals surface area contributed by atoms with Crippen molar-refractivity contribution in [2.75, 3.05) is 13.1 Å². The molecule has 4 heteroatoms. The molecule has 16 heavy (non-hydrogen) atoms. The van der Waals surface area contributed by atoms with Gasteiger partial charge in [-0.3, -0.25) is 4.90 Å². The van der Waals surface area contributed by atoms with E-state index in [4.69, 9.17) is 5.53 Å². The van der Waals surface area contributed by atoms with Gasteiger partial charge in [0.15, 0.2) is 0 Å². The number of nitrogens with zero attached hydrogens (tertiary/aromatic N) is 4. The van der Waals surface area contributed by atoms with E-state index in [1.165, 1.54) is 5.56 Å². The summed E-state index contributed by atoms with van der Waals surface area (Å²) in [5.41, 5.74) is 9.78. The molecule has 1 heterocycles. The van der Waals surface area contributed by atoms with E-state index >= 15 is 0 Å². The van der Waals surface area contributed by atoms with Crippen molar-refractivity contribution in [3.05, 3.63) is 46.3 Å². The molecule has 84 valence electrons. The van der Waals surface area contributed by atoms with Gasteiger partial charge in [-0.15, -0.1) is 0 Å². The summed E-state index contributed by atoms with van der Waals surface area (Å²) in [5.74, 6) is 0.458. The summed E-state index contributed by atoms with van der Waals surface area (Å²) in [4.78, 5) is 5.25. The van der Waals surface area contributed by atoms with Crippen molar-refractivity contribution < 1.29 is 0 Å². The summed E-state index contributed by atoms with van der Waals surface area (Å²) in [6.07, 6.45) is 0. The minimum Gasteiger partial charge on any atom is -0.298 e. The van der Waals surface area contributed by atoms with E-state index in [0.717, 1.165) is 19.6 Å². The first-order chi connectivity index (χ1) is 7.79. The zero-order valence-electron chi connectivity index (χ0n) is 9.45. The average molecular weight is 216 g/mol. The quantitative estimate of drug-likeness (QED) is 0.435. The summed E-state index contributed by atoms with van der Waals surface area (Å²) in [6, 6.07) is 10.5. The highest BCUT2D eigenvalue weighted by Crippen LogP contribution is 2.21. The van der Waals surface area contributed by atoms with Gasteiger partial charge in [-0.2, -0.15) is 0 Å². The molecule has 0 amide bonds. The van der Waals surface area contributed by atoms with Gasteiger partial charge in [-0.1, -0.05) is 42.4 Å². The Morgan fingerprint density at radius 3 is 2.81 bits per heavy atom. The van der Waals surface area contributed by atoms with Crippen LogP contribution in [0.4, 0.5) is 0 Å². The van der Waals surface area contributed by atoms with Crippen LogP contribution in [0.25, 0.3) is 10.4 Å². The van der Waals surface area contributed by atoms with Crippen molar-refractivity contribution in [2.24, 2.45) is 11.0 Å². The molecule has 0 aliphatic carbocycles. The van der Waals surface area contributed by atoms with Crippen molar-refractivity contribution in [1.29, 1.82) is 0 Å². The minimum atomic E-state index is 0.133. The number of azide groups is 1. The highest BCUT2D eigenvalue weighted by Gasteiger charge is 2.28. The lowest BCUT2D eigenvalue weighted by Crippen LogP contribution is -2.20. The third-order valence-corrected chi connectivity index (χ3v) is 3.10. The first-order valence-electron chi connectivity index (χ1n) is 5.60. The Labute approximate surface area is 95.5 Å². The molecule has 1 aliphatic heterocycles. The van der Waals surface area contributed by atoms with E-state index in [2.05, 4.69) is 46.1 Å². The SMILES string of the molecule is C[C@@H]1CN(Cc2ccccc2)C[C@@H]1N=[N+]=[N-]. The lowest BCUT2D eigenvalue weighted by atomic mass is 10.1. The van der Waals surface area contributed by atoms with Crippen LogP contribution in [0.15, 0.2) is 35.4 Å². The van der Waals surface area contributed by atoms with Gasteiger partial charge in [0.05, 0.1) is 6.04 Å². The molecule has 1 fully saturated rings. The number of hydrogen-bond donors (Lipinski definition) is 0. The smallest absolute Gasteiger partial charge is 0.0539 e. The van der Waals surface area contributed by atoms with Crippen molar-refractivity contribution in [2.45, 2.75) is 19.5 Å². The van der Waals surface area contributed by atoms with Crippen LogP contribution in [-0.2, 0) is 6.54 Å². The lowest BCUT2D eigenvalue weighted by molar-refractivity contribution is 0.319. The Morgan fingerprint density at radius 2 is 2.12 bits per heavy atom. The molecular weight excluding hydrogens is 200 g/mol. The van der Waals surface area contributed by atoms with Crippen LogP contribution in [0.3, 0.4) is 0 Å². The maximum absolute atomic E-state index is 8.46. The van der Waals surface area contributed by atoms with E-state index in [1.54, 1.807) is 0 Å². The largest absolute Gasteiger partial charge is 0.298 e. The Morgan fingerprint density at radius 1 is 1.38 bits per heavy atom. The average Bonchev–Trinajstić information content (AvgIpc) is 2.61. The summed E-state index contributed by atoms with van der Waals surface area (Å²) in [6.45, 7) is 4.98. The van der Waals surface area contributed by atoms with Gasteiger partial charge >= 0.3 is 0 Å². The fourth-order valence-corrected chi connectivity index (χ4v) is 2.24. The highest BCUT2D eigenvalue weighted by atomic mass is 15.2. The third-order valence-electron chi connectivity index (χ3n) is 3.10. The van der Waals surface area contributed by atoms with Crippen LogP contribution >= 0.6 is 0 Å². The van der Waals surface area contributed by atoms with Gasteiger partial charge in [0.1, 0.15) is 0 Å². The Bertz CT molecular complexity index is 383. The van der Waals surface area contributed by atoms with Crippen molar-refractivity contribution in [3.8, 4) is 0 Å². The standard InChI is InChI=1S/C12H16N4/c1-10-7-16(9-12(10)14-15-13)8-11-5-3-2-4-6-11/h2-6,10,12H,7-9H2,1H3/t10-,12+/m1/s1. The summed E-state index contributed by atoms with van der Waals surface area (Å²) in [5, 5.41) is 3.84. The third kappa shape index (κ3) is 2.54. The van der Waals surface area contributed by atoms with Crippen LogP contribution in [0, 0.1) is 5.92 Å². The lowest BCUT2D eigenvalue weighted by Gasteiger charge is -2.14. The second kappa shape index (κ2) is 5.01. The molecule has 2 atom stereocenters. The fraction of sp³-hybridized carbons (Fsp3) is 0.500. The summed E-state index contributed by atoms with van der Waals surface area (Å²) < 4.78 is 0. The summed E-state index contributed by atoms with van der Waals surface area (Å²) >= 11 is 0. The molecule has 0 saturated carbocycles. The molecule has 1 aromatic carbocycles. The van der Waals surface area contributed by atoms with E-state index in [1.807, 2.05) is 6.07 Å². The molecule has 0 aromatic heterocycles. The highest BCUT2D eigenvalue weighted by molar-refractivity contribution is 5.14. The van der Waals surface area contributed by atoms with Crippen molar-refractivity contribution >= 4 is 0 Å². The van der Waals surface area contributed by atoms with Gasteiger partial charge in [-0.05, 0) is 17.0 Å². The molecule has 4 nitrogen and oxygen atoms in total. The predicted octanol–water partition coefficient (Wildman–Crippen LogP) is 2.82. The minimum absolute atomic E-state index is 0.133. The van der Waals surface area contributed by atoms with E-state index in [-0.39, 0.29) is 6.04 Å². The number of hydrogen-bond acceptors (Lipinski definition) is 2. The molecule has 2 rings (SSSR count).